The first-order valence-electron chi connectivity index (χ1n) is 8.51. The molecule has 18 heteroatoms. The minimum Gasteiger partial charge on any atom is -0.507 e. The zero-order chi connectivity index (χ0) is 28.2. The van der Waals surface area contributed by atoms with Crippen molar-refractivity contribution in [3.63, 3.8) is 0 Å². The number of phenols is 1. The fourth-order valence-electron chi connectivity index (χ4n) is 2.46. The monoisotopic (exact) mass is 548 g/mol. The van der Waals surface area contributed by atoms with Crippen LogP contribution in [0.25, 0.3) is 0 Å². The zero-order valence-electron chi connectivity index (χ0n) is 16.8. The largest absolute Gasteiger partial charge is 0.507 e. The smallest absolute Gasteiger partial charge is 0.460 e. The highest BCUT2D eigenvalue weighted by molar-refractivity contribution is 5.79. The number of carbonyl (C=O) groups is 1. The Morgan fingerprint density at radius 2 is 1.03 bits per heavy atom. The van der Waals surface area contributed by atoms with Gasteiger partial charge in [-0.3, -0.25) is 0 Å². The van der Waals surface area contributed by atoms with Crippen LogP contribution in [0.5, 0.6) is 5.75 Å². The molecule has 0 aliphatic rings. The molecule has 3 nitrogen and oxygen atoms in total. The summed E-state index contributed by atoms with van der Waals surface area (Å²) in [6, 6.07) is 1.79. The van der Waals surface area contributed by atoms with E-state index in [1.165, 1.54) is 13.8 Å². The minimum atomic E-state index is -8.49. The Kier molecular flexibility index (Phi) is 7.43. The number of phenolic OH excluding ortho intramolecular Hbond substituents is 1. The number of halogens is 15. The maximum absolute atomic E-state index is 13.7. The first kappa shape index (κ1) is 30.5. The van der Waals surface area contributed by atoms with Gasteiger partial charge in [0.2, 0.25) is 0 Å². The van der Waals surface area contributed by atoms with Crippen molar-refractivity contribution in [2.75, 3.05) is 0 Å². The molecule has 0 bridgehead atoms. The van der Waals surface area contributed by atoms with Gasteiger partial charge in [0.1, 0.15) is 12.4 Å². The van der Waals surface area contributed by atoms with E-state index in [0.717, 1.165) is 12.1 Å². The highest BCUT2D eigenvalue weighted by Gasteiger charge is 2.94. The molecule has 0 aliphatic carbocycles. The molecule has 0 aliphatic heterocycles. The predicted molar refractivity (Wildman–Crippen MR) is 83.1 cm³/mol. The van der Waals surface area contributed by atoms with E-state index in [1.807, 2.05) is 0 Å². The third-order valence-electron chi connectivity index (χ3n) is 4.50. The topological polar surface area (TPSA) is 46.5 Å². The van der Waals surface area contributed by atoms with Gasteiger partial charge < -0.3 is 9.84 Å². The van der Waals surface area contributed by atoms with Crippen molar-refractivity contribution in [2.24, 2.45) is 0 Å². The van der Waals surface area contributed by atoms with Crippen molar-refractivity contribution in [1.82, 2.24) is 0 Å². The van der Waals surface area contributed by atoms with E-state index in [4.69, 9.17) is 0 Å². The molecule has 0 fully saturated rings. The van der Waals surface area contributed by atoms with Crippen LogP contribution in [-0.4, -0.2) is 52.8 Å². The van der Waals surface area contributed by atoms with Gasteiger partial charge in [-0.2, -0.15) is 65.9 Å². The first-order valence-corrected chi connectivity index (χ1v) is 8.51. The lowest BCUT2D eigenvalue weighted by Crippen LogP contribution is -2.73. The molecule has 202 valence electrons. The first-order chi connectivity index (χ1) is 15.2. The van der Waals surface area contributed by atoms with Crippen LogP contribution in [0.15, 0.2) is 12.1 Å². The third-order valence-corrected chi connectivity index (χ3v) is 4.50. The van der Waals surface area contributed by atoms with Crippen molar-refractivity contribution in [1.29, 1.82) is 0 Å². The van der Waals surface area contributed by atoms with Crippen molar-refractivity contribution < 1.29 is 80.5 Å². The van der Waals surface area contributed by atoms with E-state index < -0.39 is 54.3 Å². The Hall–Kier alpha value is -2.56. The summed E-state index contributed by atoms with van der Waals surface area (Å²) >= 11 is 0. The van der Waals surface area contributed by atoms with Crippen LogP contribution in [0.2, 0.25) is 0 Å². The molecule has 1 rings (SSSR count). The molecule has 35 heavy (non-hydrogen) atoms. The second kappa shape index (κ2) is 8.53. The average Bonchev–Trinajstić information content (AvgIpc) is 2.68. The minimum absolute atomic E-state index is 0.00728. The maximum Gasteiger partial charge on any atom is 0.460 e. The molecule has 0 saturated heterocycles. The van der Waals surface area contributed by atoms with Gasteiger partial charge in [0.15, 0.2) is 0 Å². The summed E-state index contributed by atoms with van der Waals surface area (Å²) in [4.78, 5) is 11.3. The summed E-state index contributed by atoms with van der Waals surface area (Å²) in [5, 5.41) is 9.52. The van der Waals surface area contributed by atoms with E-state index in [-0.39, 0.29) is 22.4 Å². The standard InChI is InChI=1S/C17H11F15O3/c1-6-3-8(4-7(2)9(6)33)5-35-10(34)11(18,19)12(20,21)13(22,23)14(24,25)15(26,27)16(28,29)17(30,31)32/h3-4,33H,5H2,1-2H3. The Morgan fingerprint density at radius 1 is 0.686 bits per heavy atom. The molecule has 0 saturated carbocycles. The molecular weight excluding hydrogens is 537 g/mol. The van der Waals surface area contributed by atoms with Crippen LogP contribution in [0.1, 0.15) is 16.7 Å². The van der Waals surface area contributed by atoms with E-state index >= 15 is 0 Å². The van der Waals surface area contributed by atoms with Crippen molar-refractivity contribution in [2.45, 2.75) is 62.2 Å². The number of hydrogen-bond acceptors (Lipinski definition) is 3. The van der Waals surface area contributed by atoms with Gasteiger partial charge in [-0.15, -0.1) is 0 Å². The number of rotatable bonds is 8. The summed E-state index contributed by atoms with van der Waals surface area (Å²) in [5.41, 5.74) is -0.377. The molecule has 0 radical (unpaired) electrons. The predicted octanol–water partition coefficient (Wildman–Crippen LogP) is 6.43. The van der Waals surface area contributed by atoms with Gasteiger partial charge >= 0.3 is 47.7 Å². The number of hydrogen-bond donors (Lipinski definition) is 1. The normalized spacial score (nSPS) is 14.8. The maximum atomic E-state index is 13.7. The Bertz CT molecular complexity index is 943. The van der Waals surface area contributed by atoms with Crippen molar-refractivity contribution in [3.8, 4) is 5.75 Å². The molecule has 1 aromatic rings. The summed E-state index contributed by atoms with van der Waals surface area (Å²) in [6.45, 7) is 0.947. The number of aromatic hydroxyl groups is 1. The number of benzene rings is 1. The number of carbonyl (C=O) groups excluding carboxylic acids is 1. The van der Waals surface area contributed by atoms with Gasteiger partial charge in [-0.05, 0) is 42.7 Å². The van der Waals surface area contributed by atoms with E-state index in [2.05, 4.69) is 4.74 Å². The molecule has 0 spiro atoms. The lowest BCUT2D eigenvalue weighted by atomic mass is 9.91. The fraction of sp³-hybridized carbons (Fsp3) is 0.588. The van der Waals surface area contributed by atoms with Gasteiger partial charge in [0.05, 0.1) is 0 Å². The van der Waals surface area contributed by atoms with Crippen LogP contribution >= 0.6 is 0 Å². The van der Waals surface area contributed by atoms with E-state index in [9.17, 15) is 75.8 Å². The van der Waals surface area contributed by atoms with Crippen LogP contribution in [0, 0.1) is 13.8 Å². The SMILES string of the molecule is Cc1cc(COC(=O)C(F)(F)C(F)(F)C(F)(F)C(F)(F)C(F)(F)C(F)(F)C(F)(F)F)cc(C)c1O. The quantitative estimate of drug-likeness (QED) is 0.301. The summed E-state index contributed by atoms with van der Waals surface area (Å²) in [7, 11) is 0. The molecular formula is C17H11F15O3. The average molecular weight is 548 g/mol. The number of aryl methyl sites for hydroxylation is 2. The summed E-state index contributed by atoms with van der Waals surface area (Å²) in [5.74, 6) is -52.6. The van der Waals surface area contributed by atoms with Crippen LogP contribution < -0.4 is 0 Å². The van der Waals surface area contributed by atoms with Gasteiger partial charge in [-0.25, -0.2) is 4.79 Å². The molecule has 0 amide bonds. The number of ether oxygens (including phenoxy) is 1. The van der Waals surface area contributed by atoms with E-state index in [0.29, 0.717) is 0 Å². The highest BCUT2D eigenvalue weighted by atomic mass is 19.4. The number of esters is 1. The van der Waals surface area contributed by atoms with Crippen LogP contribution in [0.3, 0.4) is 0 Å². The lowest BCUT2D eigenvalue weighted by Gasteiger charge is -2.40. The van der Waals surface area contributed by atoms with Crippen molar-refractivity contribution in [3.05, 3.63) is 28.8 Å². The summed E-state index contributed by atoms with van der Waals surface area (Å²) < 4.78 is 200. The Morgan fingerprint density at radius 3 is 1.40 bits per heavy atom. The van der Waals surface area contributed by atoms with Crippen LogP contribution in [-0.2, 0) is 16.1 Å². The second-order valence-electron chi connectivity index (χ2n) is 7.10. The summed E-state index contributed by atoms with van der Waals surface area (Å²) in [6.07, 6.45) is -7.72. The van der Waals surface area contributed by atoms with Gasteiger partial charge in [0, 0.05) is 0 Å². The fourth-order valence-corrected chi connectivity index (χ4v) is 2.46. The van der Waals surface area contributed by atoms with E-state index in [1.54, 1.807) is 0 Å². The highest BCUT2D eigenvalue weighted by Crippen LogP contribution is 2.62. The number of alkyl halides is 15. The van der Waals surface area contributed by atoms with Crippen LogP contribution in [0.4, 0.5) is 65.9 Å². The van der Waals surface area contributed by atoms with Crippen molar-refractivity contribution >= 4 is 5.97 Å². The zero-order valence-corrected chi connectivity index (χ0v) is 16.8. The molecule has 1 aromatic carbocycles. The molecule has 1 N–H and O–H groups in total. The Labute approximate surface area is 184 Å². The third kappa shape index (κ3) is 4.43. The van der Waals surface area contributed by atoms with Gasteiger partial charge in [0.25, 0.3) is 0 Å². The lowest BCUT2D eigenvalue weighted by molar-refractivity contribution is -0.450. The Balaban J connectivity index is 3.38. The molecule has 0 aromatic heterocycles. The molecule has 0 atom stereocenters. The van der Waals surface area contributed by atoms with Gasteiger partial charge in [-0.1, -0.05) is 0 Å². The molecule has 0 heterocycles. The molecule has 0 unspecified atom stereocenters. The second-order valence-corrected chi connectivity index (χ2v) is 7.10.